The first kappa shape index (κ1) is 16.7. The van der Waals surface area contributed by atoms with Gasteiger partial charge in [-0.2, -0.15) is 0 Å². The highest BCUT2D eigenvalue weighted by Gasteiger charge is 2.16. The third-order valence-electron chi connectivity index (χ3n) is 2.18. The van der Waals surface area contributed by atoms with E-state index in [2.05, 4.69) is 4.74 Å². The molecule has 0 atom stereocenters. The molecule has 0 saturated heterocycles. The van der Waals surface area contributed by atoms with E-state index in [9.17, 15) is 9.59 Å². The van der Waals surface area contributed by atoms with Crippen LogP contribution in [0.15, 0.2) is 0 Å². The number of ether oxygens (including phenoxy) is 3. The van der Waals surface area contributed by atoms with E-state index in [1.54, 1.807) is 7.11 Å². The summed E-state index contributed by atoms with van der Waals surface area (Å²) in [7, 11) is 2.87. The Morgan fingerprint density at radius 3 is 2.33 bits per heavy atom. The summed E-state index contributed by atoms with van der Waals surface area (Å²) in [5.74, 6) is -0.0760. The van der Waals surface area contributed by atoms with Crippen molar-refractivity contribution in [2.24, 2.45) is 5.92 Å². The predicted octanol–water partition coefficient (Wildman–Crippen LogP) is 1.29. The molecule has 0 aliphatic carbocycles. The molecule has 6 nitrogen and oxygen atoms in total. The first-order valence-corrected chi connectivity index (χ1v) is 5.98. The molecule has 0 heterocycles. The molecule has 0 N–H and O–H groups in total. The van der Waals surface area contributed by atoms with Crippen LogP contribution < -0.4 is 0 Å². The first-order valence-electron chi connectivity index (χ1n) is 5.98. The van der Waals surface area contributed by atoms with Gasteiger partial charge >= 0.3 is 12.1 Å². The third-order valence-corrected chi connectivity index (χ3v) is 2.18. The van der Waals surface area contributed by atoms with Crippen LogP contribution in [0.2, 0.25) is 0 Å². The Bertz CT molecular complexity index is 255. The first-order chi connectivity index (χ1) is 8.51. The van der Waals surface area contributed by atoms with Crippen LogP contribution in [0.5, 0.6) is 0 Å². The highest BCUT2D eigenvalue weighted by atomic mass is 16.6. The number of hydrogen-bond acceptors (Lipinski definition) is 5. The molecule has 0 aliphatic rings. The standard InChI is InChI=1S/C12H23NO5/c1-10(2)9-18-12(15)13(7-8-16-3)6-5-11(14)17-4/h10H,5-9H2,1-4H3. The quantitative estimate of drug-likeness (QED) is 0.616. The van der Waals surface area contributed by atoms with E-state index in [0.29, 0.717) is 19.8 Å². The summed E-state index contributed by atoms with van der Waals surface area (Å²) in [4.78, 5) is 24.2. The molecule has 18 heavy (non-hydrogen) atoms. The molecule has 0 fully saturated rings. The van der Waals surface area contributed by atoms with Crippen molar-refractivity contribution in [3.05, 3.63) is 0 Å². The largest absolute Gasteiger partial charge is 0.469 e. The molecule has 0 aliphatic heterocycles. The normalized spacial score (nSPS) is 10.3. The van der Waals surface area contributed by atoms with Crippen molar-refractivity contribution < 1.29 is 23.8 Å². The van der Waals surface area contributed by atoms with E-state index in [-0.39, 0.29) is 24.9 Å². The average Bonchev–Trinajstić information content (AvgIpc) is 2.35. The fourth-order valence-electron chi connectivity index (χ4n) is 1.15. The minimum absolute atomic E-state index is 0.150. The topological polar surface area (TPSA) is 65.1 Å². The van der Waals surface area contributed by atoms with Gasteiger partial charge in [-0.15, -0.1) is 0 Å². The van der Waals surface area contributed by atoms with E-state index in [1.165, 1.54) is 12.0 Å². The van der Waals surface area contributed by atoms with Crippen LogP contribution in [-0.2, 0) is 19.0 Å². The van der Waals surface area contributed by atoms with Crippen molar-refractivity contribution >= 4 is 12.1 Å². The Morgan fingerprint density at radius 2 is 1.83 bits per heavy atom. The van der Waals surface area contributed by atoms with Crippen molar-refractivity contribution in [2.45, 2.75) is 20.3 Å². The number of carbonyl (C=O) groups excluding carboxylic acids is 2. The van der Waals surface area contributed by atoms with Gasteiger partial charge in [-0.25, -0.2) is 4.79 Å². The molecule has 0 radical (unpaired) electrons. The van der Waals surface area contributed by atoms with Crippen molar-refractivity contribution in [3.8, 4) is 0 Å². The van der Waals surface area contributed by atoms with Gasteiger partial charge in [0, 0.05) is 20.2 Å². The van der Waals surface area contributed by atoms with Gasteiger partial charge in [0.1, 0.15) is 0 Å². The van der Waals surface area contributed by atoms with Gasteiger partial charge in [0.15, 0.2) is 0 Å². The molecule has 0 bridgehead atoms. The third kappa shape index (κ3) is 7.89. The summed E-state index contributed by atoms with van der Waals surface area (Å²) in [6, 6.07) is 0. The summed E-state index contributed by atoms with van der Waals surface area (Å²) < 4.78 is 14.6. The number of hydrogen-bond donors (Lipinski definition) is 0. The fraction of sp³-hybridized carbons (Fsp3) is 0.833. The van der Waals surface area contributed by atoms with Crippen LogP contribution in [0, 0.1) is 5.92 Å². The van der Waals surface area contributed by atoms with E-state index in [4.69, 9.17) is 9.47 Å². The van der Waals surface area contributed by atoms with Gasteiger partial charge < -0.3 is 19.1 Å². The molecule has 0 saturated carbocycles. The van der Waals surface area contributed by atoms with Crippen LogP contribution >= 0.6 is 0 Å². The van der Waals surface area contributed by atoms with Gasteiger partial charge in [0.05, 0.1) is 26.7 Å². The van der Waals surface area contributed by atoms with E-state index >= 15 is 0 Å². The second kappa shape index (κ2) is 9.70. The lowest BCUT2D eigenvalue weighted by Gasteiger charge is -2.21. The van der Waals surface area contributed by atoms with Gasteiger partial charge in [-0.05, 0) is 5.92 Å². The Morgan fingerprint density at radius 1 is 1.17 bits per heavy atom. The second-order valence-electron chi connectivity index (χ2n) is 4.28. The zero-order chi connectivity index (χ0) is 14.0. The maximum Gasteiger partial charge on any atom is 0.409 e. The minimum Gasteiger partial charge on any atom is -0.469 e. The molecule has 0 aromatic heterocycles. The number of methoxy groups -OCH3 is 2. The zero-order valence-electron chi connectivity index (χ0n) is 11.6. The van der Waals surface area contributed by atoms with Crippen LogP contribution in [-0.4, -0.2) is 57.5 Å². The average molecular weight is 261 g/mol. The summed E-state index contributed by atoms with van der Waals surface area (Å²) in [6.07, 6.45) is -0.276. The number of nitrogens with zero attached hydrogens (tertiary/aromatic N) is 1. The number of rotatable bonds is 8. The lowest BCUT2D eigenvalue weighted by atomic mass is 10.2. The van der Waals surface area contributed by atoms with Crippen LogP contribution in [0.25, 0.3) is 0 Å². The maximum absolute atomic E-state index is 11.8. The Hall–Kier alpha value is -1.30. The van der Waals surface area contributed by atoms with Crippen LogP contribution in [0.1, 0.15) is 20.3 Å². The summed E-state index contributed by atoms with van der Waals surface area (Å²) >= 11 is 0. The van der Waals surface area contributed by atoms with Crippen molar-refractivity contribution in [2.75, 3.05) is 40.5 Å². The molecular formula is C12H23NO5. The Kier molecular flexibility index (Phi) is 9.00. The number of amides is 1. The molecule has 0 unspecified atom stereocenters. The van der Waals surface area contributed by atoms with Gasteiger partial charge in [0.2, 0.25) is 0 Å². The lowest BCUT2D eigenvalue weighted by Crippen LogP contribution is -2.36. The molecule has 0 aromatic carbocycles. The summed E-state index contributed by atoms with van der Waals surface area (Å²) in [5, 5.41) is 0. The molecule has 1 amide bonds. The smallest absolute Gasteiger partial charge is 0.409 e. The monoisotopic (exact) mass is 261 g/mol. The molecule has 0 spiro atoms. The minimum atomic E-state index is -0.426. The highest BCUT2D eigenvalue weighted by molar-refractivity contribution is 5.71. The fourth-order valence-corrected chi connectivity index (χ4v) is 1.15. The van der Waals surface area contributed by atoms with Crippen LogP contribution in [0.3, 0.4) is 0 Å². The van der Waals surface area contributed by atoms with Gasteiger partial charge in [-0.1, -0.05) is 13.8 Å². The Labute approximate surface area is 108 Å². The highest BCUT2D eigenvalue weighted by Crippen LogP contribution is 2.01. The zero-order valence-corrected chi connectivity index (χ0v) is 11.6. The van der Waals surface area contributed by atoms with Gasteiger partial charge in [0.25, 0.3) is 0 Å². The molecule has 0 rings (SSSR count). The van der Waals surface area contributed by atoms with Crippen molar-refractivity contribution in [3.63, 3.8) is 0 Å². The Balaban J connectivity index is 4.18. The SMILES string of the molecule is COCCN(CCC(=O)OC)C(=O)OCC(C)C. The number of carbonyl (C=O) groups is 2. The van der Waals surface area contributed by atoms with Gasteiger partial charge in [-0.3, -0.25) is 4.79 Å². The van der Waals surface area contributed by atoms with E-state index in [1.807, 2.05) is 13.8 Å². The maximum atomic E-state index is 11.8. The summed E-state index contributed by atoms with van der Waals surface area (Å²) in [6.45, 7) is 5.35. The summed E-state index contributed by atoms with van der Waals surface area (Å²) in [5.41, 5.74) is 0. The lowest BCUT2D eigenvalue weighted by molar-refractivity contribution is -0.140. The van der Waals surface area contributed by atoms with E-state index in [0.717, 1.165) is 0 Å². The van der Waals surface area contributed by atoms with Crippen LogP contribution in [0.4, 0.5) is 4.79 Å². The predicted molar refractivity (Wildman–Crippen MR) is 66.3 cm³/mol. The molecule has 0 aromatic rings. The molecular weight excluding hydrogens is 238 g/mol. The second-order valence-corrected chi connectivity index (χ2v) is 4.28. The number of esters is 1. The molecule has 106 valence electrons. The van der Waals surface area contributed by atoms with E-state index < -0.39 is 6.09 Å². The van der Waals surface area contributed by atoms with Crippen molar-refractivity contribution in [1.82, 2.24) is 4.90 Å². The molecule has 6 heteroatoms. The van der Waals surface area contributed by atoms with Crippen molar-refractivity contribution in [1.29, 1.82) is 0 Å².